The van der Waals surface area contributed by atoms with Crippen LogP contribution in [0, 0.1) is 5.82 Å². The van der Waals surface area contributed by atoms with Crippen molar-refractivity contribution in [1.82, 2.24) is 15.0 Å². The van der Waals surface area contributed by atoms with E-state index >= 15 is 0 Å². The third-order valence-corrected chi connectivity index (χ3v) is 4.76. The van der Waals surface area contributed by atoms with Crippen LogP contribution in [-0.4, -0.2) is 21.0 Å². The lowest BCUT2D eigenvalue weighted by molar-refractivity contribution is 0.461. The van der Waals surface area contributed by atoms with Gasteiger partial charge in [0.1, 0.15) is 11.6 Å². The number of para-hydroxylation sites is 1. The van der Waals surface area contributed by atoms with Gasteiger partial charge < -0.3 is 10.6 Å². The third-order valence-electron chi connectivity index (χ3n) is 4.76. The molecule has 0 bridgehead atoms. The molecule has 27 heavy (non-hydrogen) atoms. The molecule has 0 spiro atoms. The highest BCUT2D eigenvalue weighted by atomic mass is 19.1. The summed E-state index contributed by atoms with van der Waals surface area (Å²) in [4.78, 5) is 13.4. The van der Waals surface area contributed by atoms with E-state index in [1.807, 2.05) is 18.2 Å². The monoisotopic (exact) mass is 363 g/mol. The number of hydrogen-bond acceptors (Lipinski definition) is 5. The van der Waals surface area contributed by atoms with Crippen molar-refractivity contribution >= 4 is 17.5 Å². The fourth-order valence-corrected chi connectivity index (χ4v) is 3.37. The Morgan fingerprint density at radius 2 is 1.81 bits per heavy atom. The molecule has 2 N–H and O–H groups in total. The summed E-state index contributed by atoms with van der Waals surface area (Å²) in [5, 5.41) is 6.53. The van der Waals surface area contributed by atoms with Gasteiger partial charge in [-0.05, 0) is 37.1 Å². The summed E-state index contributed by atoms with van der Waals surface area (Å²) in [6, 6.07) is 12.6. The van der Waals surface area contributed by atoms with Crippen molar-refractivity contribution < 1.29 is 4.39 Å². The summed E-state index contributed by atoms with van der Waals surface area (Å²) in [6.07, 6.45) is 9.46. The predicted molar refractivity (Wildman–Crippen MR) is 105 cm³/mol. The topological polar surface area (TPSA) is 62.7 Å². The number of nitrogens with zero attached hydrogens (tertiary/aromatic N) is 3. The zero-order valence-corrected chi connectivity index (χ0v) is 15.0. The Bertz CT molecular complexity index is 894. The molecule has 5 nitrogen and oxygen atoms in total. The van der Waals surface area contributed by atoms with Crippen molar-refractivity contribution in [1.29, 1.82) is 0 Å². The first-order chi connectivity index (χ1) is 13.3. The van der Waals surface area contributed by atoms with Crippen LogP contribution in [0.3, 0.4) is 0 Å². The average molecular weight is 363 g/mol. The van der Waals surface area contributed by atoms with Crippen LogP contribution in [-0.2, 0) is 0 Å². The quantitative estimate of drug-likeness (QED) is 0.655. The number of aromatic nitrogens is 3. The van der Waals surface area contributed by atoms with Gasteiger partial charge in [0.2, 0.25) is 5.95 Å². The molecule has 1 saturated carbocycles. The van der Waals surface area contributed by atoms with Gasteiger partial charge in [-0.3, -0.25) is 4.98 Å². The van der Waals surface area contributed by atoms with E-state index in [1.165, 1.54) is 25.3 Å². The number of rotatable bonds is 5. The van der Waals surface area contributed by atoms with Crippen molar-refractivity contribution in [3.8, 4) is 11.3 Å². The fourth-order valence-electron chi connectivity index (χ4n) is 3.37. The van der Waals surface area contributed by atoms with E-state index < -0.39 is 0 Å². The normalized spacial score (nSPS) is 14.7. The smallest absolute Gasteiger partial charge is 0.225 e. The van der Waals surface area contributed by atoms with Crippen LogP contribution in [0.1, 0.15) is 32.1 Å². The lowest BCUT2D eigenvalue weighted by Crippen LogP contribution is -2.23. The molecule has 2 aromatic heterocycles. The van der Waals surface area contributed by atoms with E-state index in [0.29, 0.717) is 23.5 Å². The van der Waals surface area contributed by atoms with Gasteiger partial charge in [-0.15, -0.1) is 0 Å². The van der Waals surface area contributed by atoms with Crippen molar-refractivity contribution in [2.45, 2.75) is 38.1 Å². The van der Waals surface area contributed by atoms with Gasteiger partial charge in [0, 0.05) is 30.1 Å². The Morgan fingerprint density at radius 1 is 0.963 bits per heavy atom. The Hall–Kier alpha value is -3.02. The van der Waals surface area contributed by atoms with Gasteiger partial charge >= 0.3 is 0 Å². The minimum absolute atomic E-state index is 0.319. The number of halogens is 1. The molecule has 0 radical (unpaired) electrons. The largest absolute Gasteiger partial charge is 0.351 e. The molecule has 0 aliphatic heterocycles. The molecule has 0 atom stereocenters. The number of nitrogens with one attached hydrogen (secondary N) is 2. The maximum absolute atomic E-state index is 14.0. The molecule has 1 aliphatic rings. The van der Waals surface area contributed by atoms with Crippen LogP contribution in [0.15, 0.2) is 54.9 Å². The van der Waals surface area contributed by atoms with Gasteiger partial charge in [-0.2, -0.15) is 4.98 Å². The van der Waals surface area contributed by atoms with E-state index in [9.17, 15) is 4.39 Å². The van der Waals surface area contributed by atoms with Gasteiger partial charge in [0.25, 0.3) is 0 Å². The number of pyridine rings is 1. The Balaban J connectivity index is 1.66. The van der Waals surface area contributed by atoms with Crippen molar-refractivity contribution in [2.75, 3.05) is 10.6 Å². The first-order valence-electron chi connectivity index (χ1n) is 9.35. The number of anilines is 3. The number of hydrogen-bond donors (Lipinski definition) is 2. The van der Waals surface area contributed by atoms with Crippen LogP contribution in [0.4, 0.5) is 21.8 Å². The van der Waals surface area contributed by atoms with E-state index in [4.69, 9.17) is 0 Å². The summed E-state index contributed by atoms with van der Waals surface area (Å²) in [6.45, 7) is 0. The second kappa shape index (κ2) is 8.12. The predicted octanol–water partition coefficient (Wildman–Crippen LogP) is 5.17. The lowest BCUT2D eigenvalue weighted by Gasteiger charge is -2.23. The first kappa shape index (κ1) is 17.4. The maximum Gasteiger partial charge on any atom is 0.225 e. The zero-order valence-electron chi connectivity index (χ0n) is 15.0. The van der Waals surface area contributed by atoms with Gasteiger partial charge in [-0.1, -0.05) is 31.4 Å². The van der Waals surface area contributed by atoms with Crippen molar-refractivity contribution in [2.24, 2.45) is 0 Å². The SMILES string of the molecule is Fc1ccccc1Nc1cc(-c2cccnc2)nc(NC2CCCCC2)n1. The average Bonchev–Trinajstić information content (AvgIpc) is 2.71. The number of benzene rings is 1. The van der Waals surface area contributed by atoms with Gasteiger partial charge in [0.05, 0.1) is 11.4 Å². The zero-order chi connectivity index (χ0) is 18.5. The molecule has 0 amide bonds. The maximum atomic E-state index is 14.0. The van der Waals surface area contributed by atoms with Crippen LogP contribution >= 0.6 is 0 Å². The minimum atomic E-state index is -0.319. The Kier molecular flexibility index (Phi) is 5.23. The first-order valence-corrected chi connectivity index (χ1v) is 9.35. The Labute approximate surface area is 158 Å². The van der Waals surface area contributed by atoms with E-state index in [0.717, 1.165) is 24.1 Å². The summed E-state index contributed by atoms with van der Waals surface area (Å²) in [5.41, 5.74) is 2.02. The molecule has 6 heteroatoms. The highest BCUT2D eigenvalue weighted by Crippen LogP contribution is 2.26. The fraction of sp³-hybridized carbons (Fsp3) is 0.286. The molecular formula is C21H22FN5. The molecule has 0 unspecified atom stereocenters. The summed E-state index contributed by atoms with van der Waals surface area (Å²) < 4.78 is 14.0. The summed E-state index contributed by atoms with van der Waals surface area (Å²) in [5.74, 6) is 0.787. The molecule has 1 aliphatic carbocycles. The molecule has 3 aromatic rings. The van der Waals surface area contributed by atoms with Gasteiger partial charge in [-0.25, -0.2) is 9.37 Å². The van der Waals surface area contributed by atoms with E-state index in [1.54, 1.807) is 30.6 Å². The van der Waals surface area contributed by atoms with Crippen molar-refractivity contribution in [3.05, 3.63) is 60.7 Å². The molecule has 4 rings (SSSR count). The second-order valence-corrected chi connectivity index (χ2v) is 6.79. The van der Waals surface area contributed by atoms with Crippen LogP contribution in [0.25, 0.3) is 11.3 Å². The molecule has 2 heterocycles. The highest BCUT2D eigenvalue weighted by Gasteiger charge is 2.16. The molecule has 1 fully saturated rings. The van der Waals surface area contributed by atoms with Gasteiger partial charge in [0.15, 0.2) is 0 Å². The second-order valence-electron chi connectivity index (χ2n) is 6.79. The summed E-state index contributed by atoms with van der Waals surface area (Å²) in [7, 11) is 0. The standard InChI is InChI=1S/C21H22FN5/c22-17-10-4-5-11-18(17)25-20-13-19(15-7-6-12-23-14-15)26-21(27-20)24-16-8-2-1-3-9-16/h4-7,10-14,16H,1-3,8-9H2,(H2,24,25,26,27). The summed E-state index contributed by atoms with van der Waals surface area (Å²) >= 11 is 0. The van der Waals surface area contributed by atoms with E-state index in [2.05, 4.69) is 25.6 Å². The van der Waals surface area contributed by atoms with Crippen LogP contribution in [0.5, 0.6) is 0 Å². The molecule has 138 valence electrons. The lowest BCUT2D eigenvalue weighted by atomic mass is 9.96. The minimum Gasteiger partial charge on any atom is -0.351 e. The molecule has 0 saturated heterocycles. The molecular weight excluding hydrogens is 341 g/mol. The third kappa shape index (κ3) is 4.39. The van der Waals surface area contributed by atoms with E-state index in [-0.39, 0.29) is 5.82 Å². The molecule has 1 aromatic carbocycles. The highest BCUT2D eigenvalue weighted by molar-refractivity contribution is 5.67. The van der Waals surface area contributed by atoms with Crippen molar-refractivity contribution in [3.63, 3.8) is 0 Å². The Morgan fingerprint density at radius 3 is 2.59 bits per heavy atom. The van der Waals surface area contributed by atoms with Crippen LogP contribution in [0.2, 0.25) is 0 Å². The van der Waals surface area contributed by atoms with Crippen LogP contribution < -0.4 is 10.6 Å².